The molecule has 174 valence electrons. The summed E-state index contributed by atoms with van der Waals surface area (Å²) in [5, 5.41) is 19.3. The van der Waals surface area contributed by atoms with E-state index in [0.717, 1.165) is 0 Å². The first-order chi connectivity index (χ1) is 14.5. The summed E-state index contributed by atoms with van der Waals surface area (Å²) < 4.78 is 5.11. The largest absolute Gasteiger partial charge is 0.495 e. The Morgan fingerprint density at radius 2 is 1.81 bits per heavy atom. The fourth-order valence-electron chi connectivity index (χ4n) is 3.11. The fourth-order valence-corrected chi connectivity index (χ4v) is 3.38. The molecule has 0 fully saturated rings. The van der Waals surface area contributed by atoms with Crippen molar-refractivity contribution >= 4 is 29.3 Å². The van der Waals surface area contributed by atoms with Crippen LogP contribution in [0.15, 0.2) is 18.2 Å². The first-order valence-corrected chi connectivity index (χ1v) is 10.5. The second-order valence-corrected chi connectivity index (χ2v) is 8.28. The van der Waals surface area contributed by atoms with Gasteiger partial charge in [0.05, 0.1) is 18.2 Å². The minimum Gasteiger partial charge on any atom is -0.495 e. The molecule has 9 nitrogen and oxygen atoms in total. The molecule has 0 aromatic heterocycles. The van der Waals surface area contributed by atoms with Crippen LogP contribution in [0.4, 0.5) is 0 Å². The average molecular weight is 457 g/mol. The van der Waals surface area contributed by atoms with Crippen LogP contribution in [0.1, 0.15) is 45.3 Å². The lowest BCUT2D eigenvalue weighted by Gasteiger charge is -2.28. The first kappa shape index (κ1) is 26.7. The third-order valence-electron chi connectivity index (χ3n) is 4.68. The monoisotopic (exact) mass is 456 g/mol. The molecule has 4 atom stereocenters. The molecule has 1 rings (SSSR count). The van der Waals surface area contributed by atoms with Crippen molar-refractivity contribution in [3.8, 4) is 5.75 Å². The predicted molar refractivity (Wildman–Crippen MR) is 119 cm³/mol. The van der Waals surface area contributed by atoms with Gasteiger partial charge in [0.2, 0.25) is 17.7 Å². The van der Waals surface area contributed by atoms with E-state index in [1.54, 1.807) is 26.1 Å². The summed E-state index contributed by atoms with van der Waals surface area (Å²) in [6.07, 6.45) is -0.938. The van der Waals surface area contributed by atoms with Gasteiger partial charge in [0.15, 0.2) is 0 Å². The van der Waals surface area contributed by atoms with Crippen LogP contribution < -0.4 is 26.4 Å². The highest BCUT2D eigenvalue weighted by atomic mass is 35.5. The summed E-state index contributed by atoms with van der Waals surface area (Å²) in [6, 6.07) is 2.13. The Bertz CT molecular complexity index is 774. The number of nitrogens with one attached hydrogen (secondary N) is 3. The number of carbonyl (C=O) groups is 3. The van der Waals surface area contributed by atoms with Crippen LogP contribution in [0.5, 0.6) is 5.75 Å². The van der Waals surface area contributed by atoms with Gasteiger partial charge in [-0.3, -0.25) is 14.4 Å². The zero-order valence-corrected chi connectivity index (χ0v) is 19.3. The second-order valence-electron chi connectivity index (χ2n) is 7.88. The number of methoxy groups -OCH3 is 1. The number of likely N-dealkylation sites (N-methyl/N-ethyl adjacent to an activating group) is 1. The highest BCUT2D eigenvalue weighted by Crippen LogP contribution is 2.29. The zero-order chi connectivity index (χ0) is 23.7. The molecule has 0 heterocycles. The number of amides is 3. The maximum absolute atomic E-state index is 12.9. The van der Waals surface area contributed by atoms with Crippen molar-refractivity contribution < 1.29 is 24.2 Å². The number of aliphatic hydroxyl groups excluding tert-OH is 1. The number of aliphatic hydroxyl groups is 1. The molecule has 0 bridgehead atoms. The lowest BCUT2D eigenvalue weighted by atomic mass is 9.99. The van der Waals surface area contributed by atoms with Crippen molar-refractivity contribution in [2.24, 2.45) is 11.7 Å². The summed E-state index contributed by atoms with van der Waals surface area (Å²) in [5.41, 5.74) is 5.50. The molecule has 0 radical (unpaired) electrons. The average Bonchev–Trinajstić information content (AvgIpc) is 2.68. The normalized spacial score (nSPS) is 15.0. The first-order valence-electron chi connectivity index (χ1n) is 10.1. The number of carbonyl (C=O) groups excluding carboxylic acids is 3. The van der Waals surface area contributed by atoms with Crippen LogP contribution in [-0.4, -0.2) is 55.1 Å². The van der Waals surface area contributed by atoms with Gasteiger partial charge >= 0.3 is 0 Å². The molecule has 31 heavy (non-hydrogen) atoms. The van der Waals surface area contributed by atoms with E-state index in [9.17, 15) is 19.5 Å². The Balaban J connectivity index is 3.16. The zero-order valence-electron chi connectivity index (χ0n) is 18.6. The Morgan fingerprint density at radius 3 is 2.29 bits per heavy atom. The molecule has 6 N–H and O–H groups in total. The quantitative estimate of drug-likeness (QED) is 0.316. The number of hydrogen-bond acceptors (Lipinski definition) is 6. The minimum atomic E-state index is -1.40. The summed E-state index contributed by atoms with van der Waals surface area (Å²) in [5.74, 6) is -1.03. The van der Waals surface area contributed by atoms with Crippen LogP contribution >= 0.6 is 11.6 Å². The summed E-state index contributed by atoms with van der Waals surface area (Å²) in [7, 11) is 3.11. The maximum atomic E-state index is 12.9. The number of hydrogen-bond donors (Lipinski definition) is 5. The van der Waals surface area contributed by atoms with Crippen LogP contribution in [0.3, 0.4) is 0 Å². The second kappa shape index (κ2) is 12.5. The number of ether oxygens (including phenoxy) is 1. The van der Waals surface area contributed by atoms with Crippen LogP contribution in [0.25, 0.3) is 0 Å². The van der Waals surface area contributed by atoms with E-state index >= 15 is 0 Å². The van der Waals surface area contributed by atoms with Gasteiger partial charge in [-0.15, -0.1) is 0 Å². The number of benzene rings is 1. The van der Waals surface area contributed by atoms with Crippen LogP contribution in [0.2, 0.25) is 5.02 Å². The Kier molecular flexibility index (Phi) is 10.7. The molecular formula is C21H33ClN4O5. The van der Waals surface area contributed by atoms with Crippen molar-refractivity contribution in [1.82, 2.24) is 16.0 Å². The van der Waals surface area contributed by atoms with E-state index in [2.05, 4.69) is 16.0 Å². The van der Waals surface area contributed by atoms with Gasteiger partial charge in [-0.1, -0.05) is 31.5 Å². The SMILES string of the molecule is CNC(CC(C)C)C(=O)NC(C(=O)NC(C)CC(N)=O)C(O)c1ccc(OC)c(Cl)c1. The van der Waals surface area contributed by atoms with Crippen molar-refractivity contribution in [1.29, 1.82) is 0 Å². The number of primary amides is 1. The standard InChI is InChI=1S/C21H33ClN4O5/c1-11(2)8-15(24-4)20(29)26-18(21(30)25-12(3)9-17(23)27)19(28)13-6-7-16(31-5)14(22)10-13/h6-7,10-12,15,18-19,24,28H,8-9H2,1-5H3,(H2,23,27)(H,25,30)(H,26,29). The Morgan fingerprint density at radius 1 is 1.16 bits per heavy atom. The number of rotatable bonds is 12. The molecule has 10 heteroatoms. The summed E-state index contributed by atoms with van der Waals surface area (Å²) >= 11 is 6.15. The summed E-state index contributed by atoms with van der Waals surface area (Å²) in [6.45, 7) is 5.55. The molecule has 3 amide bonds. The van der Waals surface area contributed by atoms with Gasteiger partial charge in [-0.05, 0) is 44.0 Å². The molecule has 0 spiro atoms. The molecule has 0 aliphatic heterocycles. The topological polar surface area (TPSA) is 143 Å². The molecule has 1 aromatic carbocycles. The number of nitrogens with two attached hydrogens (primary N) is 1. The Hall–Kier alpha value is -2.36. The van der Waals surface area contributed by atoms with Crippen molar-refractivity contribution in [3.63, 3.8) is 0 Å². The van der Waals surface area contributed by atoms with E-state index < -0.39 is 42.0 Å². The van der Waals surface area contributed by atoms with Gasteiger partial charge in [0, 0.05) is 12.5 Å². The molecule has 0 saturated carbocycles. The van der Waals surface area contributed by atoms with Crippen molar-refractivity contribution in [2.45, 2.75) is 57.8 Å². The minimum absolute atomic E-state index is 0.0800. The van der Waals surface area contributed by atoms with Gasteiger partial charge in [-0.25, -0.2) is 0 Å². The highest BCUT2D eigenvalue weighted by molar-refractivity contribution is 6.32. The van der Waals surface area contributed by atoms with Crippen LogP contribution in [0, 0.1) is 5.92 Å². The smallest absolute Gasteiger partial charge is 0.245 e. The molecule has 4 unspecified atom stereocenters. The molecule has 0 aliphatic rings. The van der Waals surface area contributed by atoms with Crippen molar-refractivity contribution in [3.05, 3.63) is 28.8 Å². The van der Waals surface area contributed by atoms with E-state index in [0.29, 0.717) is 17.7 Å². The van der Waals surface area contributed by atoms with Gasteiger partial charge in [0.25, 0.3) is 0 Å². The Labute approximate surface area is 188 Å². The molecule has 0 aliphatic carbocycles. The molecule has 1 aromatic rings. The van der Waals surface area contributed by atoms with E-state index in [1.807, 2.05) is 13.8 Å². The van der Waals surface area contributed by atoms with Gasteiger partial charge in [0.1, 0.15) is 17.9 Å². The van der Waals surface area contributed by atoms with Gasteiger partial charge in [-0.2, -0.15) is 0 Å². The summed E-state index contributed by atoms with van der Waals surface area (Å²) in [4.78, 5) is 36.9. The third kappa shape index (κ3) is 8.35. The number of halogens is 1. The lowest BCUT2D eigenvalue weighted by molar-refractivity contribution is -0.133. The van der Waals surface area contributed by atoms with Gasteiger partial charge < -0.3 is 31.5 Å². The van der Waals surface area contributed by atoms with E-state index in [1.165, 1.54) is 13.2 Å². The third-order valence-corrected chi connectivity index (χ3v) is 4.98. The highest BCUT2D eigenvalue weighted by Gasteiger charge is 2.33. The van der Waals surface area contributed by atoms with E-state index in [4.69, 9.17) is 22.1 Å². The van der Waals surface area contributed by atoms with E-state index in [-0.39, 0.29) is 17.4 Å². The lowest BCUT2D eigenvalue weighted by Crippen LogP contribution is -2.56. The maximum Gasteiger partial charge on any atom is 0.245 e. The predicted octanol–water partition coefficient (Wildman–Crippen LogP) is 0.881. The van der Waals surface area contributed by atoms with Crippen LogP contribution in [-0.2, 0) is 14.4 Å². The van der Waals surface area contributed by atoms with Crippen molar-refractivity contribution in [2.75, 3.05) is 14.2 Å². The molecule has 0 saturated heterocycles. The fraction of sp³-hybridized carbons (Fsp3) is 0.571. The molecular weight excluding hydrogens is 424 g/mol.